The van der Waals surface area contributed by atoms with Crippen LogP contribution in [0, 0.1) is 6.92 Å². The lowest BCUT2D eigenvalue weighted by Crippen LogP contribution is -2.28. The zero-order valence-corrected chi connectivity index (χ0v) is 20.7. The molecule has 11 heteroatoms. The number of hydrogen-bond donors (Lipinski definition) is 2. The molecule has 0 radical (unpaired) electrons. The van der Waals surface area contributed by atoms with Crippen molar-refractivity contribution in [3.63, 3.8) is 0 Å². The number of amides is 1. The molecular weight excluding hydrogens is 492 g/mol. The minimum Gasteiger partial charge on any atom is -0.490 e. The van der Waals surface area contributed by atoms with Gasteiger partial charge in [-0.1, -0.05) is 23.7 Å². The Morgan fingerprint density at radius 2 is 2.09 bits per heavy atom. The summed E-state index contributed by atoms with van der Waals surface area (Å²) in [4.78, 5) is 18.4. The summed E-state index contributed by atoms with van der Waals surface area (Å²) in [7, 11) is -2.04. The summed E-state index contributed by atoms with van der Waals surface area (Å²) in [5.41, 5.74) is 2.87. The van der Waals surface area contributed by atoms with Crippen molar-refractivity contribution in [3.05, 3.63) is 64.2 Å². The molecule has 3 heterocycles. The molecule has 1 amide bonds. The van der Waals surface area contributed by atoms with Crippen molar-refractivity contribution in [1.29, 1.82) is 0 Å². The number of likely N-dealkylation sites (N-methyl/N-ethyl adjacent to an activating group) is 1. The van der Waals surface area contributed by atoms with Crippen molar-refractivity contribution >= 4 is 44.9 Å². The van der Waals surface area contributed by atoms with Gasteiger partial charge >= 0.3 is 0 Å². The molecule has 3 aromatic rings. The molecule has 5 rings (SSSR count). The van der Waals surface area contributed by atoms with Gasteiger partial charge in [0, 0.05) is 17.6 Å². The number of fused-ring (bicyclic) bond motifs is 2. The van der Waals surface area contributed by atoms with E-state index in [1.807, 2.05) is 25.2 Å². The minimum absolute atomic E-state index is 0.0243. The average Bonchev–Trinajstić information content (AvgIpc) is 3.18. The Morgan fingerprint density at radius 1 is 1.26 bits per heavy atom. The van der Waals surface area contributed by atoms with E-state index in [4.69, 9.17) is 21.1 Å². The lowest BCUT2D eigenvalue weighted by Gasteiger charge is -2.28. The summed E-state index contributed by atoms with van der Waals surface area (Å²) in [5.74, 6) is 1.07. The van der Waals surface area contributed by atoms with Gasteiger partial charge in [0.2, 0.25) is 5.91 Å². The molecule has 2 aromatic carbocycles. The number of halogens is 1. The molecule has 0 bridgehead atoms. The maximum atomic E-state index is 13.2. The molecular formula is C24H23ClN4O5S. The van der Waals surface area contributed by atoms with E-state index in [2.05, 4.69) is 19.9 Å². The summed E-state index contributed by atoms with van der Waals surface area (Å²) >= 11 is 6.13. The fourth-order valence-corrected chi connectivity index (χ4v) is 5.53. The van der Waals surface area contributed by atoms with Gasteiger partial charge in [0.05, 0.1) is 23.5 Å². The van der Waals surface area contributed by atoms with Crippen LogP contribution in [0.2, 0.25) is 5.02 Å². The molecule has 0 spiro atoms. The second kappa shape index (κ2) is 8.94. The molecule has 0 aliphatic carbocycles. The number of nitrogens with one attached hydrogen (secondary N) is 2. The number of ether oxygens (including phenoxy) is 2. The third-order valence-electron chi connectivity index (χ3n) is 5.93. The fraction of sp³-hybridized carbons (Fsp3) is 0.250. The van der Waals surface area contributed by atoms with Crippen LogP contribution in [0.3, 0.4) is 0 Å². The van der Waals surface area contributed by atoms with Crippen LogP contribution in [0.4, 0.5) is 17.3 Å². The van der Waals surface area contributed by atoms with Crippen molar-refractivity contribution in [1.82, 2.24) is 4.98 Å². The molecule has 9 nitrogen and oxygen atoms in total. The standard InChI is InChI=1S/C24H23ClN4O5S/c1-14-17(25)4-3-5-21(14)35(31,32)28-24-20(11-16-12-22(30)26-23(16)27-24)34-13-15-6-7-19-18(10-15)29(2)8-9-33-19/h3-7,10-11H,8-9,12-13H2,1-2H3,(H2,26,27,28,30). The SMILES string of the molecule is Cc1c(Cl)cccc1S(=O)(=O)Nc1nc2c(cc1OCc1ccc3c(c1)N(C)CCO3)CC(=O)N2. The molecule has 182 valence electrons. The van der Waals surface area contributed by atoms with E-state index < -0.39 is 10.0 Å². The smallest absolute Gasteiger partial charge is 0.263 e. The van der Waals surface area contributed by atoms with E-state index in [1.54, 1.807) is 25.1 Å². The largest absolute Gasteiger partial charge is 0.490 e. The van der Waals surface area contributed by atoms with Crippen molar-refractivity contribution in [2.45, 2.75) is 24.8 Å². The monoisotopic (exact) mass is 514 g/mol. The molecule has 0 fully saturated rings. The summed E-state index contributed by atoms with van der Waals surface area (Å²) in [6, 6.07) is 12.0. The third-order valence-corrected chi connectivity index (χ3v) is 7.82. The van der Waals surface area contributed by atoms with Crippen LogP contribution in [0.5, 0.6) is 11.5 Å². The first-order valence-corrected chi connectivity index (χ1v) is 12.8. The van der Waals surface area contributed by atoms with Gasteiger partial charge in [-0.15, -0.1) is 0 Å². The average molecular weight is 515 g/mol. The van der Waals surface area contributed by atoms with Gasteiger partial charge in [-0.2, -0.15) is 0 Å². The Morgan fingerprint density at radius 3 is 2.91 bits per heavy atom. The van der Waals surface area contributed by atoms with Crippen molar-refractivity contribution < 1.29 is 22.7 Å². The number of anilines is 3. The Balaban J connectivity index is 1.46. The van der Waals surface area contributed by atoms with Crippen LogP contribution < -0.4 is 24.4 Å². The quantitative estimate of drug-likeness (QED) is 0.515. The number of pyridine rings is 1. The van der Waals surface area contributed by atoms with Crippen LogP contribution >= 0.6 is 11.6 Å². The summed E-state index contributed by atoms with van der Waals surface area (Å²) in [6.45, 7) is 3.19. The second-order valence-corrected chi connectivity index (χ2v) is 10.5. The van der Waals surface area contributed by atoms with Gasteiger partial charge in [0.15, 0.2) is 11.6 Å². The highest BCUT2D eigenvalue weighted by Gasteiger charge is 2.26. The first-order valence-electron chi connectivity index (χ1n) is 10.9. The van der Waals surface area contributed by atoms with E-state index in [0.29, 0.717) is 28.6 Å². The number of aromatic nitrogens is 1. The van der Waals surface area contributed by atoms with E-state index in [9.17, 15) is 13.2 Å². The predicted molar refractivity (Wildman–Crippen MR) is 133 cm³/mol. The zero-order chi connectivity index (χ0) is 24.7. The number of hydrogen-bond acceptors (Lipinski definition) is 7. The Bertz CT molecular complexity index is 1440. The fourth-order valence-electron chi connectivity index (χ4n) is 4.02. The Kier molecular flexibility index (Phi) is 5.94. The molecule has 35 heavy (non-hydrogen) atoms. The highest BCUT2D eigenvalue weighted by molar-refractivity contribution is 7.92. The van der Waals surface area contributed by atoms with Gasteiger partial charge < -0.3 is 19.7 Å². The summed E-state index contributed by atoms with van der Waals surface area (Å²) < 4.78 is 40.6. The molecule has 2 aliphatic rings. The lowest BCUT2D eigenvalue weighted by molar-refractivity contribution is -0.115. The minimum atomic E-state index is -4.04. The number of sulfonamides is 1. The maximum absolute atomic E-state index is 13.2. The molecule has 0 atom stereocenters. The first kappa shape index (κ1) is 23.3. The highest BCUT2D eigenvalue weighted by atomic mass is 35.5. The van der Waals surface area contributed by atoms with Crippen LogP contribution in [-0.4, -0.2) is 39.5 Å². The highest BCUT2D eigenvalue weighted by Crippen LogP contribution is 2.35. The van der Waals surface area contributed by atoms with E-state index in [-0.39, 0.29) is 35.4 Å². The van der Waals surface area contributed by atoms with Crippen molar-refractivity contribution in [2.24, 2.45) is 0 Å². The van der Waals surface area contributed by atoms with E-state index >= 15 is 0 Å². The van der Waals surface area contributed by atoms with Crippen LogP contribution in [0.25, 0.3) is 0 Å². The number of carbonyl (C=O) groups excluding carboxylic acids is 1. The predicted octanol–water partition coefficient (Wildman–Crippen LogP) is 3.75. The topological polar surface area (TPSA) is 110 Å². The molecule has 0 saturated carbocycles. The summed E-state index contributed by atoms with van der Waals surface area (Å²) in [5, 5.41) is 2.98. The molecule has 2 aliphatic heterocycles. The first-order chi connectivity index (χ1) is 16.7. The van der Waals surface area contributed by atoms with Crippen molar-refractivity contribution in [2.75, 3.05) is 35.1 Å². The van der Waals surface area contributed by atoms with E-state index in [0.717, 1.165) is 23.5 Å². The van der Waals surface area contributed by atoms with Crippen LogP contribution in [0.1, 0.15) is 16.7 Å². The summed E-state index contributed by atoms with van der Waals surface area (Å²) in [6.07, 6.45) is 0.139. The van der Waals surface area contributed by atoms with Crippen LogP contribution in [0.15, 0.2) is 47.4 Å². The second-order valence-electron chi connectivity index (χ2n) is 8.40. The van der Waals surface area contributed by atoms with Crippen LogP contribution in [-0.2, 0) is 27.8 Å². The maximum Gasteiger partial charge on any atom is 0.263 e. The molecule has 0 saturated heterocycles. The third kappa shape index (κ3) is 4.59. The van der Waals surface area contributed by atoms with Crippen molar-refractivity contribution in [3.8, 4) is 11.5 Å². The number of benzene rings is 2. The zero-order valence-electron chi connectivity index (χ0n) is 19.1. The van der Waals surface area contributed by atoms with Gasteiger partial charge in [0.25, 0.3) is 10.0 Å². The molecule has 1 aromatic heterocycles. The number of nitrogens with zero attached hydrogens (tertiary/aromatic N) is 2. The van der Waals surface area contributed by atoms with Gasteiger partial charge in [-0.25, -0.2) is 13.4 Å². The normalized spacial score (nSPS) is 14.6. The number of rotatable bonds is 6. The van der Waals surface area contributed by atoms with Gasteiger partial charge in [0.1, 0.15) is 24.8 Å². The van der Waals surface area contributed by atoms with E-state index in [1.165, 1.54) is 6.07 Å². The Labute approximate surface area is 208 Å². The molecule has 2 N–H and O–H groups in total. The Hall–Kier alpha value is -3.50. The van der Waals surface area contributed by atoms with Gasteiger partial charge in [-0.3, -0.25) is 9.52 Å². The number of carbonyl (C=O) groups is 1. The lowest BCUT2D eigenvalue weighted by atomic mass is 10.1. The van der Waals surface area contributed by atoms with Gasteiger partial charge in [-0.05, 0) is 48.4 Å². The molecule has 0 unspecified atom stereocenters.